The van der Waals surface area contributed by atoms with Gasteiger partial charge in [0.2, 0.25) is 5.00 Å². The van der Waals surface area contributed by atoms with Crippen LogP contribution in [-0.4, -0.2) is 18.1 Å². The number of carbonyl (C=O) groups excluding carboxylic acids is 1. The minimum Gasteiger partial charge on any atom is -0.466 e. The van der Waals surface area contributed by atoms with Crippen LogP contribution in [0.3, 0.4) is 0 Å². The predicted octanol–water partition coefficient (Wildman–Crippen LogP) is 1.33. The normalized spacial score (nSPS) is 27.4. The van der Waals surface area contributed by atoms with Crippen LogP contribution in [0.2, 0.25) is 0 Å². The molecule has 0 aliphatic carbocycles. The molecule has 0 saturated carbocycles. The van der Waals surface area contributed by atoms with Crippen molar-refractivity contribution in [3.63, 3.8) is 0 Å². The molecule has 1 unspecified atom stereocenters. The maximum atomic E-state index is 11.1. The van der Waals surface area contributed by atoms with E-state index >= 15 is 0 Å². The predicted molar refractivity (Wildman–Crippen MR) is 46.8 cm³/mol. The van der Waals surface area contributed by atoms with Gasteiger partial charge in [0.05, 0.1) is 7.11 Å². The number of ether oxygens (including phenoxy) is 1. The third-order valence-corrected chi connectivity index (χ3v) is 1.95. The number of allylic oxidation sites excluding steroid dienone is 2. The summed E-state index contributed by atoms with van der Waals surface area (Å²) in [6.45, 7) is 0. The molecule has 12 heavy (non-hydrogen) atoms. The van der Waals surface area contributed by atoms with E-state index in [0.29, 0.717) is 5.16 Å². The van der Waals surface area contributed by atoms with E-state index in [9.17, 15) is 4.79 Å². The number of hydrogen-bond acceptors (Lipinski definition) is 3. The van der Waals surface area contributed by atoms with Crippen molar-refractivity contribution in [2.75, 3.05) is 7.11 Å². The zero-order chi connectivity index (χ0) is 9.19. The lowest BCUT2D eigenvalue weighted by Gasteiger charge is -2.24. The van der Waals surface area contributed by atoms with E-state index in [0.717, 1.165) is 0 Å². The van der Waals surface area contributed by atoms with Gasteiger partial charge < -0.3 is 10.1 Å². The average molecular weight is 208 g/mol. The summed E-state index contributed by atoms with van der Waals surface area (Å²) in [5, 5.41) is 2.88. The zero-order valence-corrected chi connectivity index (χ0v) is 7.82. The highest BCUT2D eigenvalue weighted by atomic mass is 35.5. The molecule has 1 heterocycles. The largest absolute Gasteiger partial charge is 0.466 e. The smallest absolute Gasteiger partial charge is 0.351 e. The molecule has 1 aliphatic heterocycles. The van der Waals surface area contributed by atoms with Gasteiger partial charge in [0.1, 0.15) is 5.16 Å². The zero-order valence-electron chi connectivity index (χ0n) is 6.30. The van der Waals surface area contributed by atoms with Gasteiger partial charge in [0.25, 0.3) is 0 Å². The van der Waals surface area contributed by atoms with Crippen molar-refractivity contribution < 1.29 is 9.53 Å². The van der Waals surface area contributed by atoms with Gasteiger partial charge in [-0.3, -0.25) is 0 Å². The molecule has 66 valence electrons. The molecule has 0 spiro atoms. The SMILES string of the molecule is COC(=O)C1(Cl)C=CC=C(Cl)N1. The molecule has 1 aliphatic rings. The molecule has 1 N–H and O–H groups in total. The highest BCUT2D eigenvalue weighted by Crippen LogP contribution is 2.21. The van der Waals surface area contributed by atoms with Crippen molar-refractivity contribution in [3.05, 3.63) is 23.4 Å². The second-order valence-corrected chi connectivity index (χ2v) is 3.21. The Labute approximate surface area is 80.0 Å². The van der Waals surface area contributed by atoms with Gasteiger partial charge in [-0.15, -0.1) is 0 Å². The maximum Gasteiger partial charge on any atom is 0.351 e. The lowest BCUT2D eigenvalue weighted by Crippen LogP contribution is -2.45. The molecular formula is C7H7Cl2NO2. The van der Waals surface area contributed by atoms with E-state index in [4.69, 9.17) is 23.2 Å². The summed E-state index contributed by atoms with van der Waals surface area (Å²) in [7, 11) is 1.26. The molecule has 0 bridgehead atoms. The van der Waals surface area contributed by atoms with E-state index in [1.54, 1.807) is 12.2 Å². The van der Waals surface area contributed by atoms with Crippen LogP contribution in [0.15, 0.2) is 23.4 Å². The number of hydrogen-bond donors (Lipinski definition) is 1. The lowest BCUT2D eigenvalue weighted by atomic mass is 10.2. The number of dihydropyridines is 1. The lowest BCUT2D eigenvalue weighted by molar-refractivity contribution is -0.143. The van der Waals surface area contributed by atoms with Gasteiger partial charge in [0.15, 0.2) is 0 Å². The van der Waals surface area contributed by atoms with E-state index in [2.05, 4.69) is 10.1 Å². The Bertz CT molecular complexity index is 262. The molecule has 0 radical (unpaired) electrons. The van der Waals surface area contributed by atoms with Crippen molar-refractivity contribution >= 4 is 29.2 Å². The fourth-order valence-electron chi connectivity index (χ4n) is 0.790. The monoisotopic (exact) mass is 207 g/mol. The first-order chi connectivity index (χ1) is 5.58. The Kier molecular flexibility index (Phi) is 2.65. The fraction of sp³-hybridized carbons (Fsp3) is 0.286. The van der Waals surface area contributed by atoms with Gasteiger partial charge in [-0.2, -0.15) is 0 Å². The summed E-state index contributed by atoms with van der Waals surface area (Å²) in [5.41, 5.74) is 0. The highest BCUT2D eigenvalue weighted by Gasteiger charge is 2.36. The Morgan fingerprint density at radius 2 is 2.42 bits per heavy atom. The van der Waals surface area contributed by atoms with Crippen molar-refractivity contribution in [3.8, 4) is 0 Å². The van der Waals surface area contributed by atoms with Gasteiger partial charge in [-0.25, -0.2) is 4.79 Å². The Morgan fingerprint density at radius 3 is 2.92 bits per heavy atom. The number of methoxy groups -OCH3 is 1. The number of alkyl halides is 1. The number of esters is 1. The Morgan fingerprint density at radius 1 is 1.75 bits per heavy atom. The van der Waals surface area contributed by atoms with Crippen LogP contribution in [-0.2, 0) is 9.53 Å². The quantitative estimate of drug-likeness (QED) is 0.401. The number of halogens is 2. The van der Waals surface area contributed by atoms with Crippen molar-refractivity contribution in [1.82, 2.24) is 5.32 Å². The standard InChI is InChI=1S/C7H7Cl2NO2/c1-12-6(11)7(9)4-2-3-5(8)10-7/h2-4,10H,1H3. The number of nitrogens with one attached hydrogen (secondary N) is 1. The van der Waals surface area contributed by atoms with Crippen LogP contribution in [0.5, 0.6) is 0 Å². The van der Waals surface area contributed by atoms with Crippen molar-refractivity contribution in [1.29, 1.82) is 0 Å². The van der Waals surface area contributed by atoms with Crippen LogP contribution in [0.4, 0.5) is 0 Å². The maximum absolute atomic E-state index is 11.1. The number of carbonyl (C=O) groups is 1. The van der Waals surface area contributed by atoms with E-state index < -0.39 is 11.0 Å². The van der Waals surface area contributed by atoms with Crippen LogP contribution in [0, 0.1) is 0 Å². The minimum atomic E-state index is -1.36. The summed E-state index contributed by atoms with van der Waals surface area (Å²) in [6, 6.07) is 0. The summed E-state index contributed by atoms with van der Waals surface area (Å²) in [5.74, 6) is -0.591. The summed E-state index contributed by atoms with van der Waals surface area (Å²) >= 11 is 11.4. The first-order valence-electron chi connectivity index (χ1n) is 3.19. The minimum absolute atomic E-state index is 0.304. The van der Waals surface area contributed by atoms with Crippen LogP contribution in [0.1, 0.15) is 0 Å². The van der Waals surface area contributed by atoms with Crippen LogP contribution in [0.25, 0.3) is 0 Å². The van der Waals surface area contributed by atoms with Gasteiger partial charge in [-0.05, 0) is 12.2 Å². The molecule has 0 aromatic rings. The van der Waals surface area contributed by atoms with Crippen molar-refractivity contribution in [2.45, 2.75) is 5.00 Å². The average Bonchev–Trinajstić information content (AvgIpc) is 2.02. The van der Waals surface area contributed by atoms with E-state index in [-0.39, 0.29) is 0 Å². The molecule has 0 aromatic heterocycles. The van der Waals surface area contributed by atoms with Gasteiger partial charge in [-0.1, -0.05) is 29.3 Å². The summed E-state index contributed by atoms with van der Waals surface area (Å²) in [6.07, 6.45) is 4.64. The molecule has 0 saturated heterocycles. The van der Waals surface area contributed by atoms with Crippen LogP contribution >= 0.6 is 23.2 Å². The molecule has 1 atom stereocenters. The number of rotatable bonds is 1. The third-order valence-electron chi connectivity index (χ3n) is 1.35. The van der Waals surface area contributed by atoms with Crippen LogP contribution < -0.4 is 5.32 Å². The summed E-state index contributed by atoms with van der Waals surface area (Å²) in [4.78, 5) is 9.72. The third kappa shape index (κ3) is 1.73. The molecule has 3 nitrogen and oxygen atoms in total. The molecule has 1 rings (SSSR count). The summed E-state index contributed by atoms with van der Waals surface area (Å²) < 4.78 is 4.47. The molecule has 0 aromatic carbocycles. The molecule has 0 amide bonds. The first-order valence-corrected chi connectivity index (χ1v) is 3.94. The first kappa shape index (κ1) is 9.42. The van der Waals surface area contributed by atoms with E-state index in [1.165, 1.54) is 13.2 Å². The van der Waals surface area contributed by atoms with Gasteiger partial charge in [0, 0.05) is 0 Å². The topological polar surface area (TPSA) is 38.3 Å². The second kappa shape index (κ2) is 3.37. The Hall–Kier alpha value is -0.670. The molecular weight excluding hydrogens is 201 g/mol. The van der Waals surface area contributed by atoms with E-state index in [1.807, 2.05) is 0 Å². The highest BCUT2D eigenvalue weighted by molar-refractivity contribution is 6.37. The van der Waals surface area contributed by atoms with Crippen molar-refractivity contribution in [2.24, 2.45) is 0 Å². The Balaban J connectivity index is 2.82. The fourth-order valence-corrected chi connectivity index (χ4v) is 1.31. The van der Waals surface area contributed by atoms with Gasteiger partial charge >= 0.3 is 5.97 Å². The molecule has 0 fully saturated rings. The molecule has 5 heteroatoms. The second-order valence-electron chi connectivity index (χ2n) is 2.20.